The van der Waals surface area contributed by atoms with Crippen LogP contribution in [0.5, 0.6) is 0 Å². The first-order chi connectivity index (χ1) is 13.6. The molecule has 1 saturated heterocycles. The Bertz CT molecular complexity index is 562. The largest absolute Gasteiger partial charge is 0.478 e. The van der Waals surface area contributed by atoms with Crippen molar-refractivity contribution in [1.82, 2.24) is 15.1 Å². The van der Waals surface area contributed by atoms with Crippen LogP contribution in [0.3, 0.4) is 0 Å². The number of hydrogen-bond donors (Lipinski definition) is 2. The standard InChI is InChI=1S/C19H33N3O4.C3H8/c1-6-13(2)16(18(24)22(5)12-10-14(3)19(25)26)20-17(23)15-9-7-8-11-21(15)4;1-3-2/h10,13,15-16H,6-9,11-12H2,1-5H3,(H,20,23)(H,25,26);3H2,1-2H3/b14-10+;. The molecule has 1 rings (SSSR count). The summed E-state index contributed by atoms with van der Waals surface area (Å²) in [5, 5.41) is 11.9. The predicted octanol–water partition coefficient (Wildman–Crippen LogP) is 2.91. The fraction of sp³-hybridized carbons (Fsp3) is 0.773. The van der Waals surface area contributed by atoms with Crippen molar-refractivity contribution in [3.63, 3.8) is 0 Å². The minimum absolute atomic E-state index is 0.00709. The summed E-state index contributed by atoms with van der Waals surface area (Å²) in [5.41, 5.74) is 0.192. The Labute approximate surface area is 176 Å². The van der Waals surface area contributed by atoms with Crippen LogP contribution in [0, 0.1) is 5.92 Å². The van der Waals surface area contributed by atoms with Crippen molar-refractivity contribution in [2.75, 3.05) is 27.2 Å². The number of carbonyl (C=O) groups is 3. The molecular weight excluding hydrogens is 370 g/mol. The maximum atomic E-state index is 12.8. The maximum Gasteiger partial charge on any atom is 0.331 e. The number of nitrogens with zero attached hydrogens (tertiary/aromatic N) is 2. The molecule has 2 amide bonds. The zero-order valence-corrected chi connectivity index (χ0v) is 19.3. The van der Waals surface area contributed by atoms with Crippen molar-refractivity contribution >= 4 is 17.8 Å². The minimum Gasteiger partial charge on any atom is -0.478 e. The van der Waals surface area contributed by atoms with Gasteiger partial charge in [-0.2, -0.15) is 0 Å². The van der Waals surface area contributed by atoms with Crippen LogP contribution in [0.15, 0.2) is 11.6 Å². The lowest BCUT2D eigenvalue weighted by molar-refractivity contribution is -0.138. The zero-order chi connectivity index (χ0) is 22.6. The summed E-state index contributed by atoms with van der Waals surface area (Å²) < 4.78 is 0. The van der Waals surface area contributed by atoms with Crippen molar-refractivity contribution in [3.8, 4) is 0 Å². The van der Waals surface area contributed by atoms with E-state index in [4.69, 9.17) is 5.11 Å². The van der Waals surface area contributed by atoms with Crippen LogP contribution < -0.4 is 5.32 Å². The second-order valence-corrected chi connectivity index (χ2v) is 7.98. The Morgan fingerprint density at radius 1 is 1.24 bits per heavy atom. The van der Waals surface area contributed by atoms with Gasteiger partial charge in [-0.3, -0.25) is 14.5 Å². The number of carbonyl (C=O) groups excluding carboxylic acids is 2. The van der Waals surface area contributed by atoms with Gasteiger partial charge >= 0.3 is 5.97 Å². The molecule has 1 heterocycles. The third-order valence-electron chi connectivity index (χ3n) is 5.23. The lowest BCUT2D eigenvalue weighted by atomic mass is 9.96. The number of amides is 2. The van der Waals surface area contributed by atoms with Crippen LogP contribution in [0.1, 0.15) is 66.7 Å². The van der Waals surface area contributed by atoms with Crippen LogP contribution >= 0.6 is 0 Å². The number of nitrogens with one attached hydrogen (secondary N) is 1. The van der Waals surface area contributed by atoms with Crippen LogP contribution in [0.25, 0.3) is 0 Å². The van der Waals surface area contributed by atoms with Gasteiger partial charge in [-0.25, -0.2) is 4.79 Å². The quantitative estimate of drug-likeness (QED) is 0.600. The van der Waals surface area contributed by atoms with Gasteiger partial charge in [0, 0.05) is 19.2 Å². The van der Waals surface area contributed by atoms with Gasteiger partial charge in [-0.05, 0) is 39.3 Å². The summed E-state index contributed by atoms with van der Waals surface area (Å²) in [6.07, 6.45) is 6.43. The van der Waals surface area contributed by atoms with Gasteiger partial charge in [-0.1, -0.05) is 53.0 Å². The molecule has 1 aliphatic heterocycles. The molecule has 29 heavy (non-hydrogen) atoms. The molecular formula is C22H41N3O4. The molecule has 0 aromatic rings. The van der Waals surface area contributed by atoms with Gasteiger partial charge in [-0.15, -0.1) is 0 Å². The summed E-state index contributed by atoms with van der Waals surface area (Å²) in [7, 11) is 3.57. The summed E-state index contributed by atoms with van der Waals surface area (Å²) in [6.45, 7) is 10.8. The van der Waals surface area contributed by atoms with E-state index in [0.29, 0.717) is 0 Å². The number of aliphatic carboxylic acids is 1. The van der Waals surface area contributed by atoms with Crippen molar-refractivity contribution in [1.29, 1.82) is 0 Å². The van der Waals surface area contributed by atoms with Crippen molar-refractivity contribution < 1.29 is 19.5 Å². The van der Waals surface area contributed by atoms with Gasteiger partial charge in [0.1, 0.15) is 6.04 Å². The molecule has 0 bridgehead atoms. The fourth-order valence-corrected chi connectivity index (χ4v) is 3.03. The molecule has 7 heteroatoms. The average molecular weight is 412 g/mol. The van der Waals surface area contributed by atoms with Gasteiger partial charge < -0.3 is 15.3 Å². The highest BCUT2D eigenvalue weighted by molar-refractivity contribution is 5.90. The first kappa shape index (κ1) is 27.1. The normalized spacial score (nSPS) is 19.4. The third kappa shape index (κ3) is 9.43. The Kier molecular flexibility index (Phi) is 13.2. The molecule has 7 nitrogen and oxygen atoms in total. The second-order valence-electron chi connectivity index (χ2n) is 7.98. The van der Waals surface area contributed by atoms with Crippen molar-refractivity contribution in [2.24, 2.45) is 5.92 Å². The molecule has 1 fully saturated rings. The smallest absolute Gasteiger partial charge is 0.331 e. The van der Waals surface area contributed by atoms with E-state index in [9.17, 15) is 14.4 Å². The van der Waals surface area contributed by atoms with Crippen LogP contribution in [0.2, 0.25) is 0 Å². The highest BCUT2D eigenvalue weighted by atomic mass is 16.4. The molecule has 0 aromatic carbocycles. The summed E-state index contributed by atoms with van der Waals surface area (Å²) in [4.78, 5) is 40.0. The molecule has 168 valence electrons. The van der Waals surface area contributed by atoms with E-state index in [1.54, 1.807) is 7.05 Å². The number of hydrogen-bond acceptors (Lipinski definition) is 4. The average Bonchev–Trinajstić information content (AvgIpc) is 2.69. The van der Waals surface area contributed by atoms with Crippen molar-refractivity contribution in [3.05, 3.63) is 11.6 Å². The molecule has 0 spiro atoms. The van der Waals surface area contributed by atoms with E-state index >= 15 is 0 Å². The van der Waals surface area contributed by atoms with Gasteiger partial charge in [0.25, 0.3) is 0 Å². The van der Waals surface area contributed by atoms with Crippen molar-refractivity contribution in [2.45, 2.75) is 78.8 Å². The highest BCUT2D eigenvalue weighted by Gasteiger charge is 2.32. The number of piperidine rings is 1. The van der Waals surface area contributed by atoms with E-state index in [0.717, 1.165) is 32.2 Å². The number of rotatable bonds is 8. The van der Waals surface area contributed by atoms with Gasteiger partial charge in [0.05, 0.1) is 6.04 Å². The number of carboxylic acids is 1. The first-order valence-electron chi connectivity index (χ1n) is 10.8. The van der Waals surface area contributed by atoms with Crippen LogP contribution in [0.4, 0.5) is 0 Å². The maximum absolute atomic E-state index is 12.8. The molecule has 0 aliphatic carbocycles. The Hall–Kier alpha value is -1.89. The van der Waals surface area contributed by atoms with E-state index in [-0.39, 0.29) is 35.9 Å². The Balaban J connectivity index is 0.00000245. The second kappa shape index (κ2) is 14.1. The molecule has 0 radical (unpaired) electrons. The number of carboxylic acid groups (broad SMARTS) is 1. The Morgan fingerprint density at radius 2 is 1.83 bits per heavy atom. The van der Waals surface area contributed by atoms with E-state index in [2.05, 4.69) is 19.2 Å². The SMILES string of the molecule is CCC.CCC(C)C(NC(=O)C1CCCCN1C)C(=O)N(C)C/C=C(\C)C(=O)O. The molecule has 3 unspecified atom stereocenters. The molecule has 2 N–H and O–H groups in total. The Morgan fingerprint density at radius 3 is 2.31 bits per heavy atom. The van der Waals surface area contributed by atoms with E-state index < -0.39 is 12.0 Å². The van der Waals surface area contributed by atoms with Gasteiger partial charge in [0.15, 0.2) is 0 Å². The molecule has 0 saturated carbocycles. The van der Waals surface area contributed by atoms with Crippen LogP contribution in [-0.2, 0) is 14.4 Å². The lowest BCUT2D eigenvalue weighted by Crippen LogP contribution is -2.56. The molecule has 3 atom stereocenters. The number of likely N-dealkylation sites (tertiary alicyclic amines) is 1. The first-order valence-corrected chi connectivity index (χ1v) is 10.8. The number of likely N-dealkylation sites (N-methyl/N-ethyl adjacent to an activating group) is 2. The fourth-order valence-electron chi connectivity index (χ4n) is 3.03. The van der Waals surface area contributed by atoms with E-state index in [1.165, 1.54) is 24.3 Å². The minimum atomic E-state index is -1.00. The van der Waals surface area contributed by atoms with E-state index in [1.807, 2.05) is 25.8 Å². The third-order valence-corrected chi connectivity index (χ3v) is 5.23. The topological polar surface area (TPSA) is 90.0 Å². The monoisotopic (exact) mass is 411 g/mol. The van der Waals surface area contributed by atoms with Crippen LogP contribution in [-0.4, -0.2) is 72.0 Å². The predicted molar refractivity (Wildman–Crippen MR) is 117 cm³/mol. The summed E-state index contributed by atoms with van der Waals surface area (Å²) in [6, 6.07) is -0.797. The zero-order valence-electron chi connectivity index (χ0n) is 19.3. The molecule has 0 aromatic heterocycles. The van der Waals surface area contributed by atoms with Gasteiger partial charge in [0.2, 0.25) is 11.8 Å². The summed E-state index contributed by atoms with van der Waals surface area (Å²) in [5.74, 6) is -1.30. The highest BCUT2D eigenvalue weighted by Crippen LogP contribution is 2.17. The lowest BCUT2D eigenvalue weighted by Gasteiger charge is -2.34. The summed E-state index contributed by atoms with van der Waals surface area (Å²) >= 11 is 0. The molecule has 1 aliphatic rings.